The number of hydrogen-bond donors (Lipinski definition) is 1. The summed E-state index contributed by atoms with van der Waals surface area (Å²) in [6.45, 7) is 9.05. The topological polar surface area (TPSA) is 32.6 Å². The van der Waals surface area contributed by atoms with Crippen LogP contribution >= 0.6 is 27.7 Å². The molecule has 0 saturated heterocycles. The van der Waals surface area contributed by atoms with Crippen LogP contribution in [0.15, 0.2) is 21.7 Å². The van der Waals surface area contributed by atoms with Crippen LogP contribution in [0.1, 0.15) is 26.5 Å². The number of nitrogens with zero attached hydrogens (tertiary/aromatic N) is 3. The second-order valence-electron chi connectivity index (χ2n) is 5.75. The fourth-order valence-corrected chi connectivity index (χ4v) is 2.61. The summed E-state index contributed by atoms with van der Waals surface area (Å²) in [6.07, 6.45) is 4.21. The van der Waals surface area contributed by atoms with Gasteiger partial charge in [-0.1, -0.05) is 0 Å². The molecule has 1 rings (SSSR count). The molecule has 21 heavy (non-hydrogen) atoms. The average molecular weight is 375 g/mol. The standard InChI is InChI=1S/C15H27BrN4S/c1-7-17-14(18-11-15(2,3)21-6)20(5)10-13-8-12(16)9-19(13)4/h8-9H,7,10-11H2,1-6H3,(H,17,18). The number of thioether (sulfide) groups is 1. The zero-order chi connectivity index (χ0) is 16.0. The lowest BCUT2D eigenvalue weighted by atomic mass is 10.2. The molecule has 0 fully saturated rings. The van der Waals surface area contributed by atoms with Crippen molar-refractivity contribution in [3.05, 3.63) is 22.4 Å². The third-order valence-electron chi connectivity index (χ3n) is 3.33. The lowest BCUT2D eigenvalue weighted by Crippen LogP contribution is -2.39. The Hall–Kier alpha value is -0.620. The Bertz CT molecular complexity index is 482. The maximum Gasteiger partial charge on any atom is 0.194 e. The number of aliphatic imine (C=N–C) groups is 1. The highest BCUT2D eigenvalue weighted by Crippen LogP contribution is 2.21. The molecule has 0 aliphatic heterocycles. The first-order chi connectivity index (χ1) is 9.79. The first kappa shape index (κ1) is 18.4. The van der Waals surface area contributed by atoms with Gasteiger partial charge in [-0.15, -0.1) is 0 Å². The zero-order valence-corrected chi connectivity index (χ0v) is 16.3. The van der Waals surface area contributed by atoms with E-state index in [1.165, 1.54) is 5.69 Å². The maximum atomic E-state index is 4.78. The van der Waals surface area contributed by atoms with Gasteiger partial charge in [0.2, 0.25) is 0 Å². The highest BCUT2D eigenvalue weighted by Gasteiger charge is 2.16. The molecule has 0 aliphatic rings. The molecule has 0 bridgehead atoms. The molecule has 6 heteroatoms. The van der Waals surface area contributed by atoms with Crippen molar-refractivity contribution in [2.45, 2.75) is 32.1 Å². The summed E-state index contributed by atoms with van der Waals surface area (Å²) < 4.78 is 3.41. The molecule has 0 aliphatic carbocycles. The summed E-state index contributed by atoms with van der Waals surface area (Å²) >= 11 is 5.36. The van der Waals surface area contributed by atoms with Crippen molar-refractivity contribution in [3.8, 4) is 0 Å². The predicted octanol–water partition coefficient (Wildman–Crippen LogP) is 3.33. The average Bonchev–Trinajstić information content (AvgIpc) is 2.72. The number of nitrogens with one attached hydrogen (secondary N) is 1. The Morgan fingerprint density at radius 2 is 2.19 bits per heavy atom. The van der Waals surface area contributed by atoms with Crippen LogP contribution in [0.5, 0.6) is 0 Å². The van der Waals surface area contributed by atoms with Crippen molar-refractivity contribution in [1.29, 1.82) is 0 Å². The van der Waals surface area contributed by atoms with Gasteiger partial charge in [-0.25, -0.2) is 0 Å². The van der Waals surface area contributed by atoms with Gasteiger partial charge >= 0.3 is 0 Å². The first-order valence-electron chi connectivity index (χ1n) is 7.14. The van der Waals surface area contributed by atoms with Gasteiger partial charge in [0, 0.05) is 41.8 Å². The molecule has 4 nitrogen and oxygen atoms in total. The van der Waals surface area contributed by atoms with E-state index in [9.17, 15) is 0 Å². The number of hydrogen-bond acceptors (Lipinski definition) is 2. The van der Waals surface area contributed by atoms with Gasteiger partial charge in [0.25, 0.3) is 0 Å². The minimum Gasteiger partial charge on any atom is -0.357 e. The largest absolute Gasteiger partial charge is 0.357 e. The van der Waals surface area contributed by atoms with Gasteiger partial charge in [0.15, 0.2) is 5.96 Å². The molecule has 0 aromatic carbocycles. The van der Waals surface area contributed by atoms with Crippen molar-refractivity contribution in [2.75, 3.05) is 26.4 Å². The van der Waals surface area contributed by atoms with Crippen LogP contribution in [0, 0.1) is 0 Å². The van der Waals surface area contributed by atoms with E-state index < -0.39 is 0 Å². The molecule has 0 atom stereocenters. The molecule has 0 radical (unpaired) electrons. The normalized spacial score (nSPS) is 12.6. The molecule has 1 aromatic rings. The smallest absolute Gasteiger partial charge is 0.194 e. The molecule has 0 amide bonds. The van der Waals surface area contributed by atoms with Crippen molar-refractivity contribution in [3.63, 3.8) is 0 Å². The van der Waals surface area contributed by atoms with E-state index in [1.54, 1.807) is 0 Å². The van der Waals surface area contributed by atoms with Crippen LogP contribution in [-0.4, -0.2) is 46.6 Å². The Kier molecular flexibility index (Phi) is 7.13. The molecule has 1 aromatic heterocycles. The molecule has 0 saturated carbocycles. The van der Waals surface area contributed by atoms with Crippen molar-refractivity contribution < 1.29 is 0 Å². The van der Waals surface area contributed by atoms with Crippen LogP contribution in [0.3, 0.4) is 0 Å². The van der Waals surface area contributed by atoms with Crippen molar-refractivity contribution in [1.82, 2.24) is 14.8 Å². The summed E-state index contributed by atoms with van der Waals surface area (Å²) in [5.74, 6) is 0.956. The zero-order valence-electron chi connectivity index (χ0n) is 13.9. The molecule has 0 spiro atoms. The Morgan fingerprint density at radius 1 is 1.52 bits per heavy atom. The number of guanidine groups is 1. The minimum absolute atomic E-state index is 0.162. The highest BCUT2D eigenvalue weighted by molar-refractivity contribution is 9.10. The molecule has 1 N–H and O–H groups in total. The molecule has 1 heterocycles. The Labute approximate surface area is 141 Å². The second-order valence-corrected chi connectivity index (χ2v) is 8.18. The van der Waals surface area contributed by atoms with E-state index in [0.29, 0.717) is 0 Å². The lowest BCUT2D eigenvalue weighted by Gasteiger charge is -2.25. The van der Waals surface area contributed by atoms with Crippen LogP contribution in [0.4, 0.5) is 0 Å². The Morgan fingerprint density at radius 3 is 2.67 bits per heavy atom. The number of aromatic nitrogens is 1. The number of halogens is 1. The van der Waals surface area contributed by atoms with Gasteiger partial charge in [0.05, 0.1) is 13.1 Å². The summed E-state index contributed by atoms with van der Waals surface area (Å²) in [5.41, 5.74) is 1.25. The maximum absolute atomic E-state index is 4.78. The number of rotatable bonds is 6. The van der Waals surface area contributed by atoms with Gasteiger partial charge in [-0.3, -0.25) is 4.99 Å². The molecule has 0 unspecified atom stereocenters. The van der Waals surface area contributed by atoms with E-state index in [0.717, 1.165) is 30.1 Å². The van der Waals surface area contributed by atoms with Crippen molar-refractivity contribution in [2.24, 2.45) is 12.0 Å². The summed E-state index contributed by atoms with van der Waals surface area (Å²) in [4.78, 5) is 6.95. The fraction of sp³-hybridized carbons (Fsp3) is 0.667. The summed E-state index contributed by atoms with van der Waals surface area (Å²) in [5, 5.41) is 3.37. The van der Waals surface area contributed by atoms with Gasteiger partial charge < -0.3 is 14.8 Å². The summed E-state index contributed by atoms with van der Waals surface area (Å²) in [6, 6.07) is 2.14. The SMILES string of the molecule is CCNC(=NCC(C)(C)SC)N(C)Cc1cc(Br)cn1C. The van der Waals surface area contributed by atoms with E-state index in [-0.39, 0.29) is 4.75 Å². The van der Waals surface area contributed by atoms with Crippen LogP contribution in [0.2, 0.25) is 0 Å². The van der Waals surface area contributed by atoms with Gasteiger partial charge in [-0.2, -0.15) is 11.8 Å². The molecular formula is C15H27BrN4S. The number of aryl methyl sites for hydroxylation is 1. The third kappa shape index (κ3) is 5.94. The third-order valence-corrected chi connectivity index (χ3v) is 5.00. The van der Waals surface area contributed by atoms with Crippen LogP contribution in [0.25, 0.3) is 0 Å². The molecular weight excluding hydrogens is 348 g/mol. The van der Waals surface area contributed by atoms with E-state index in [1.807, 2.05) is 11.8 Å². The van der Waals surface area contributed by atoms with Crippen LogP contribution < -0.4 is 5.32 Å². The minimum atomic E-state index is 0.162. The van der Waals surface area contributed by atoms with Crippen molar-refractivity contribution >= 4 is 33.7 Å². The fourth-order valence-electron chi connectivity index (χ4n) is 1.84. The van der Waals surface area contributed by atoms with Crippen LogP contribution in [-0.2, 0) is 13.6 Å². The predicted molar refractivity (Wildman–Crippen MR) is 98.2 cm³/mol. The monoisotopic (exact) mass is 374 g/mol. The Balaban J connectivity index is 2.79. The van der Waals surface area contributed by atoms with E-state index >= 15 is 0 Å². The van der Waals surface area contributed by atoms with Gasteiger partial charge in [0.1, 0.15) is 0 Å². The van der Waals surface area contributed by atoms with E-state index in [2.05, 4.69) is 84.1 Å². The molecule has 120 valence electrons. The first-order valence-corrected chi connectivity index (χ1v) is 9.16. The quantitative estimate of drug-likeness (QED) is 0.612. The van der Waals surface area contributed by atoms with E-state index in [4.69, 9.17) is 4.99 Å². The second kappa shape index (κ2) is 8.13. The summed E-state index contributed by atoms with van der Waals surface area (Å²) in [7, 11) is 4.14. The lowest BCUT2D eigenvalue weighted by molar-refractivity contribution is 0.460. The highest BCUT2D eigenvalue weighted by atomic mass is 79.9. The van der Waals surface area contributed by atoms with Gasteiger partial charge in [-0.05, 0) is 49.0 Å².